The highest BCUT2D eigenvalue weighted by Gasteiger charge is 2.34. The molecule has 0 spiro atoms. The number of carbonyl (C=O) groups excluding carboxylic acids is 1. The number of aryl methyl sites for hydroxylation is 2. The molecular weight excluding hydrogens is 587 g/mol. The molecule has 1 amide bonds. The Bertz CT molecular complexity index is 1850. The number of hydrogen-bond acceptors (Lipinski definition) is 4. The number of carboxylic acid groups (broad SMARTS) is 1. The van der Waals surface area contributed by atoms with E-state index >= 15 is 8.78 Å². The first-order valence-corrected chi connectivity index (χ1v) is 13.4. The molecule has 2 heterocycles. The van der Waals surface area contributed by atoms with Gasteiger partial charge >= 0.3 is 12.1 Å². The number of alkyl halides is 3. The molecule has 1 aromatic heterocycles. The monoisotopic (exact) mass is 612 g/mol. The topological polar surface area (TPSA) is 97.6 Å². The van der Waals surface area contributed by atoms with E-state index in [0.29, 0.717) is 39.3 Å². The van der Waals surface area contributed by atoms with E-state index in [-0.39, 0.29) is 23.8 Å². The van der Waals surface area contributed by atoms with Crippen LogP contribution in [-0.2, 0) is 22.4 Å². The molecule has 4 aromatic rings. The number of hydrogen-bond donors (Lipinski definition) is 2. The molecule has 0 saturated heterocycles. The largest absolute Gasteiger partial charge is 0.488 e. The van der Waals surface area contributed by atoms with Gasteiger partial charge < -0.3 is 15.2 Å². The minimum Gasteiger partial charge on any atom is -0.488 e. The first-order valence-electron chi connectivity index (χ1n) is 13.4. The number of nitrogens with zero attached hydrogens (tertiary/aromatic N) is 1. The number of amides is 1. The molecule has 0 radical (unpaired) electrons. The number of fused-ring (bicyclic) bond motifs is 6. The molecule has 0 saturated carbocycles. The van der Waals surface area contributed by atoms with Crippen LogP contribution in [0.2, 0.25) is 0 Å². The van der Waals surface area contributed by atoms with Crippen molar-refractivity contribution in [2.75, 3.05) is 0 Å². The van der Waals surface area contributed by atoms with Gasteiger partial charge in [0.05, 0.1) is 18.0 Å². The van der Waals surface area contributed by atoms with Crippen LogP contribution in [0.5, 0.6) is 5.75 Å². The summed E-state index contributed by atoms with van der Waals surface area (Å²) < 4.78 is 77.7. The fourth-order valence-corrected chi connectivity index (χ4v) is 5.34. The van der Waals surface area contributed by atoms with Crippen molar-refractivity contribution in [3.05, 3.63) is 122 Å². The van der Waals surface area contributed by atoms with Crippen LogP contribution in [0.15, 0.2) is 71.7 Å². The SMILES string of the molecule is Cc1cc2cc(c1F)[C@@H](CC(=O)O)NC(=O)[C@H](n1ccc(C(F)(F)F)cc1=O)c1cc(ccc1F)COc1cccc(C)c1-2. The number of benzene rings is 3. The number of aromatic nitrogens is 1. The zero-order valence-electron chi connectivity index (χ0n) is 23.3. The van der Waals surface area contributed by atoms with E-state index in [1.54, 1.807) is 18.2 Å². The van der Waals surface area contributed by atoms with E-state index < -0.39 is 64.9 Å². The number of pyridine rings is 1. The summed E-state index contributed by atoms with van der Waals surface area (Å²) >= 11 is 0. The van der Waals surface area contributed by atoms with Gasteiger partial charge in [0.1, 0.15) is 30.0 Å². The number of halogens is 5. The molecule has 5 rings (SSSR count). The van der Waals surface area contributed by atoms with Gasteiger partial charge in [-0.05, 0) is 72.5 Å². The zero-order chi connectivity index (χ0) is 31.9. The van der Waals surface area contributed by atoms with Gasteiger partial charge in [0.2, 0.25) is 5.91 Å². The highest BCUT2D eigenvalue weighted by molar-refractivity contribution is 5.85. The molecule has 228 valence electrons. The standard InChI is InChI=1S/C32H25F5N2O5/c1-16-4-3-5-25-28(16)19-10-17(2)29(34)22(12-19)24(14-27(41)42)38-31(43)30(21-11-18(15-44-25)6-7-23(21)33)39-9-8-20(13-26(39)40)32(35,36)37/h3-13,24,30H,14-15H2,1-2H3,(H,38,43)(H,41,42)/t24-,30-/m1/s1. The summed E-state index contributed by atoms with van der Waals surface area (Å²) in [6, 6.07) is 9.23. The Morgan fingerprint density at radius 2 is 1.75 bits per heavy atom. The summed E-state index contributed by atoms with van der Waals surface area (Å²) in [5, 5.41) is 12.1. The van der Waals surface area contributed by atoms with Gasteiger partial charge in [0, 0.05) is 29.0 Å². The summed E-state index contributed by atoms with van der Waals surface area (Å²) in [6.07, 6.45) is -4.97. The van der Waals surface area contributed by atoms with Crippen LogP contribution in [0, 0.1) is 25.5 Å². The zero-order valence-corrected chi connectivity index (χ0v) is 23.3. The highest BCUT2D eigenvalue weighted by Crippen LogP contribution is 2.38. The van der Waals surface area contributed by atoms with Crippen molar-refractivity contribution in [3.8, 4) is 16.9 Å². The fourth-order valence-electron chi connectivity index (χ4n) is 5.34. The summed E-state index contributed by atoms with van der Waals surface area (Å²) in [6.45, 7) is 3.14. The van der Waals surface area contributed by atoms with Gasteiger partial charge in [0.25, 0.3) is 5.56 Å². The highest BCUT2D eigenvalue weighted by atomic mass is 19.4. The van der Waals surface area contributed by atoms with Gasteiger partial charge in [-0.1, -0.05) is 18.2 Å². The van der Waals surface area contributed by atoms with Crippen LogP contribution in [-0.4, -0.2) is 21.6 Å². The molecule has 2 atom stereocenters. The van der Waals surface area contributed by atoms with Crippen LogP contribution in [0.25, 0.3) is 11.1 Å². The summed E-state index contributed by atoms with van der Waals surface area (Å²) in [7, 11) is 0. The second-order valence-corrected chi connectivity index (χ2v) is 10.5. The number of ether oxygens (including phenoxy) is 1. The van der Waals surface area contributed by atoms with Crippen molar-refractivity contribution >= 4 is 11.9 Å². The lowest BCUT2D eigenvalue weighted by atomic mass is 9.91. The lowest BCUT2D eigenvalue weighted by Crippen LogP contribution is -2.41. The smallest absolute Gasteiger partial charge is 0.416 e. The van der Waals surface area contributed by atoms with Crippen molar-refractivity contribution in [1.29, 1.82) is 0 Å². The Balaban J connectivity index is 1.77. The van der Waals surface area contributed by atoms with Gasteiger partial charge in [-0.15, -0.1) is 0 Å². The van der Waals surface area contributed by atoms with E-state index in [1.807, 2.05) is 13.0 Å². The van der Waals surface area contributed by atoms with Crippen LogP contribution < -0.4 is 15.6 Å². The van der Waals surface area contributed by atoms with Gasteiger partial charge in [-0.3, -0.25) is 19.0 Å². The Morgan fingerprint density at radius 3 is 2.43 bits per heavy atom. The molecule has 0 aliphatic carbocycles. The third kappa shape index (κ3) is 5.92. The number of carboxylic acids is 1. The van der Waals surface area contributed by atoms with Crippen molar-refractivity contribution in [2.24, 2.45) is 0 Å². The Kier molecular flexibility index (Phi) is 8.02. The number of aliphatic carboxylic acids is 1. The second-order valence-electron chi connectivity index (χ2n) is 10.5. The average Bonchev–Trinajstić information content (AvgIpc) is 2.94. The third-order valence-electron chi connectivity index (χ3n) is 7.43. The lowest BCUT2D eigenvalue weighted by Gasteiger charge is -2.26. The molecule has 0 unspecified atom stereocenters. The van der Waals surface area contributed by atoms with E-state index in [0.717, 1.165) is 11.6 Å². The van der Waals surface area contributed by atoms with Gasteiger partial charge in [-0.25, -0.2) is 8.78 Å². The van der Waals surface area contributed by atoms with Crippen molar-refractivity contribution in [1.82, 2.24) is 9.88 Å². The molecule has 1 aliphatic heterocycles. The Hall–Kier alpha value is -5.00. The van der Waals surface area contributed by atoms with Crippen molar-refractivity contribution in [3.63, 3.8) is 0 Å². The van der Waals surface area contributed by atoms with Crippen LogP contribution in [0.4, 0.5) is 22.0 Å². The maximum Gasteiger partial charge on any atom is 0.416 e. The van der Waals surface area contributed by atoms with Gasteiger partial charge in [0.15, 0.2) is 0 Å². The summed E-state index contributed by atoms with van der Waals surface area (Å²) in [5.74, 6) is -3.94. The maximum atomic E-state index is 15.7. The summed E-state index contributed by atoms with van der Waals surface area (Å²) in [5.41, 5.74) is -0.833. The van der Waals surface area contributed by atoms with Crippen molar-refractivity contribution in [2.45, 2.75) is 45.1 Å². The quantitative estimate of drug-likeness (QED) is 0.267. The van der Waals surface area contributed by atoms with E-state index in [2.05, 4.69) is 5.32 Å². The molecule has 4 bridgehead atoms. The summed E-state index contributed by atoms with van der Waals surface area (Å²) in [4.78, 5) is 38.8. The molecule has 12 heteroatoms. The van der Waals surface area contributed by atoms with E-state index in [9.17, 15) is 32.7 Å². The predicted octanol–water partition coefficient (Wildman–Crippen LogP) is 6.24. The lowest BCUT2D eigenvalue weighted by molar-refractivity contribution is -0.138. The Labute approximate surface area is 247 Å². The molecule has 3 aromatic carbocycles. The first kappa shape index (κ1) is 30.5. The normalized spacial score (nSPS) is 16.8. The molecule has 44 heavy (non-hydrogen) atoms. The molecular formula is C32H25F5N2O5. The molecule has 0 fully saturated rings. The minimum atomic E-state index is -4.87. The minimum absolute atomic E-state index is 0.130. The molecule has 7 nitrogen and oxygen atoms in total. The molecule has 1 aliphatic rings. The van der Waals surface area contributed by atoms with E-state index in [1.165, 1.54) is 25.1 Å². The fraction of sp³-hybridized carbons (Fsp3) is 0.219. The average molecular weight is 613 g/mol. The third-order valence-corrected chi connectivity index (χ3v) is 7.43. The van der Waals surface area contributed by atoms with Crippen LogP contribution in [0.3, 0.4) is 0 Å². The number of rotatable bonds is 3. The molecule has 2 N–H and O–H groups in total. The first-order chi connectivity index (χ1) is 20.7. The second kappa shape index (κ2) is 11.6. The van der Waals surface area contributed by atoms with Crippen molar-refractivity contribution < 1.29 is 41.4 Å². The van der Waals surface area contributed by atoms with Gasteiger partial charge in [-0.2, -0.15) is 13.2 Å². The number of carbonyl (C=O) groups is 2. The maximum absolute atomic E-state index is 15.7. The number of nitrogens with one attached hydrogen (secondary N) is 1. The predicted molar refractivity (Wildman–Crippen MR) is 149 cm³/mol. The van der Waals surface area contributed by atoms with E-state index in [4.69, 9.17) is 4.74 Å². The Morgan fingerprint density at radius 1 is 1.00 bits per heavy atom. The van der Waals surface area contributed by atoms with Crippen LogP contribution in [0.1, 0.15) is 51.9 Å². The van der Waals surface area contributed by atoms with Crippen LogP contribution >= 0.6 is 0 Å².